The molecule has 0 bridgehead atoms. The number of para-hydroxylation sites is 2. The van der Waals surface area contributed by atoms with Crippen LogP contribution in [0.3, 0.4) is 0 Å². The van der Waals surface area contributed by atoms with E-state index in [2.05, 4.69) is 175 Å². The van der Waals surface area contributed by atoms with E-state index >= 15 is 0 Å². The lowest BCUT2D eigenvalue weighted by molar-refractivity contribution is 0.447. The van der Waals surface area contributed by atoms with E-state index in [0.717, 1.165) is 60.0 Å². The van der Waals surface area contributed by atoms with Gasteiger partial charge in [0, 0.05) is 37.6 Å². The normalized spacial score (nSPS) is 13.2. The number of hydrogen-bond acceptors (Lipinski definition) is 4. The van der Waals surface area contributed by atoms with Gasteiger partial charge in [-0.2, -0.15) is 0 Å². The summed E-state index contributed by atoms with van der Waals surface area (Å²) in [5, 5.41) is 11.9. The number of aromatic hydroxyl groups is 1. The molecular formula is C56H70Cl2O4P2S2. The van der Waals surface area contributed by atoms with Gasteiger partial charge in [0.2, 0.25) is 0 Å². The third-order valence-electron chi connectivity index (χ3n) is 12.1. The van der Waals surface area contributed by atoms with Crippen LogP contribution in [-0.2, 0) is 10.8 Å². The molecule has 0 heterocycles. The van der Waals surface area contributed by atoms with Gasteiger partial charge in [-0.15, -0.1) is 0 Å². The first kappa shape index (κ1) is 52.0. The number of hydrogen-bond donors (Lipinski definition) is 1. The lowest BCUT2D eigenvalue weighted by Crippen LogP contribution is -2.13. The first-order valence-electron chi connectivity index (χ1n) is 22.2. The van der Waals surface area contributed by atoms with Gasteiger partial charge >= 0.3 is 0 Å². The Balaban J connectivity index is 1.69. The van der Waals surface area contributed by atoms with E-state index < -0.39 is 35.9 Å². The third kappa shape index (κ3) is 11.2. The summed E-state index contributed by atoms with van der Waals surface area (Å²) < 4.78 is 20.9. The molecule has 0 amide bonds. The topological polar surface area (TPSA) is 47.9 Å². The molecule has 1 unspecified atom stereocenters. The van der Waals surface area contributed by atoms with Gasteiger partial charge < -0.3 is 18.7 Å². The van der Waals surface area contributed by atoms with Crippen LogP contribution >= 0.6 is 58.4 Å². The molecule has 66 heavy (non-hydrogen) atoms. The summed E-state index contributed by atoms with van der Waals surface area (Å²) in [7, 11) is -3.36. The van der Waals surface area contributed by atoms with Crippen LogP contribution in [0.25, 0.3) is 44.5 Å². The molecule has 6 aromatic carbocycles. The average molecular weight is 1000 g/mol. The Morgan fingerprint density at radius 1 is 0.500 bits per heavy atom. The lowest BCUT2D eigenvalue weighted by atomic mass is 9.82. The number of halogens is 2. The van der Waals surface area contributed by atoms with E-state index in [1.54, 1.807) is 0 Å². The molecule has 0 aliphatic heterocycles. The average Bonchev–Trinajstić information content (AvgIpc) is 3.16. The molecule has 6 aromatic rings. The maximum atomic E-state index is 11.9. The molecule has 0 saturated heterocycles. The maximum Gasteiger partial charge on any atom is 0.284 e. The van der Waals surface area contributed by atoms with Crippen molar-refractivity contribution in [2.24, 2.45) is 0 Å². The molecule has 354 valence electrons. The van der Waals surface area contributed by atoms with E-state index in [0.29, 0.717) is 11.5 Å². The standard InChI is InChI=1S/C56H70Cl2O4P2S2/c1-33-25-35(3)49(36(4)26-33)39-29-43(44-30-40(50-37(5)27-34(2)28-38(50)6)32-48(66(16,17)18)54(44)62-64(57)58)53(47(31-39)65(13,14)15)61-63-60-52-42(22-20-24-46(52)56(10,11)12)41-21-19-23-45(51(41)59)55(7,8)9/h19-32,59,63H,1-18H3. The van der Waals surface area contributed by atoms with E-state index in [1.807, 2.05) is 30.3 Å². The summed E-state index contributed by atoms with van der Waals surface area (Å²) in [5.41, 5.74) is 16.5. The van der Waals surface area contributed by atoms with Gasteiger partial charge in [-0.1, -0.05) is 113 Å². The highest BCUT2D eigenvalue weighted by Crippen LogP contribution is 2.63. The summed E-state index contributed by atoms with van der Waals surface area (Å²) in [5.74, 6) is 2.35. The van der Waals surface area contributed by atoms with Crippen molar-refractivity contribution in [3.05, 3.63) is 129 Å². The van der Waals surface area contributed by atoms with Crippen molar-refractivity contribution in [1.82, 2.24) is 0 Å². The molecule has 0 fully saturated rings. The van der Waals surface area contributed by atoms with Crippen LogP contribution in [0, 0.1) is 41.5 Å². The van der Waals surface area contributed by atoms with Gasteiger partial charge in [-0.05, 0) is 187 Å². The second kappa shape index (κ2) is 19.6. The Hall–Kier alpha value is -3.34. The van der Waals surface area contributed by atoms with Crippen LogP contribution in [0.5, 0.6) is 23.0 Å². The molecule has 1 atom stereocenters. The van der Waals surface area contributed by atoms with Crippen molar-refractivity contribution >= 4 is 58.4 Å². The zero-order chi connectivity index (χ0) is 49.0. The van der Waals surface area contributed by atoms with Crippen LogP contribution < -0.4 is 13.6 Å². The fourth-order valence-electron chi connectivity index (χ4n) is 9.26. The monoisotopic (exact) mass is 1000 g/mol. The smallest absolute Gasteiger partial charge is 0.284 e. The zero-order valence-electron chi connectivity index (χ0n) is 42.3. The summed E-state index contributed by atoms with van der Waals surface area (Å²) in [4.78, 5) is 2.18. The Morgan fingerprint density at radius 3 is 1.32 bits per heavy atom. The quantitative estimate of drug-likeness (QED) is 0.124. The molecule has 0 aliphatic carbocycles. The van der Waals surface area contributed by atoms with Gasteiger partial charge in [0.25, 0.3) is 15.9 Å². The van der Waals surface area contributed by atoms with E-state index in [9.17, 15) is 5.11 Å². The van der Waals surface area contributed by atoms with E-state index in [1.165, 1.54) is 44.5 Å². The molecule has 0 aliphatic rings. The third-order valence-corrected chi connectivity index (χ3v) is 16.6. The van der Waals surface area contributed by atoms with Crippen LogP contribution in [0.15, 0.2) is 94.7 Å². The van der Waals surface area contributed by atoms with Gasteiger partial charge in [-0.25, -0.2) is 20.1 Å². The van der Waals surface area contributed by atoms with E-state index in [4.69, 9.17) is 36.1 Å². The predicted octanol–water partition coefficient (Wildman–Crippen LogP) is 18.7. The number of aryl methyl sites for hydroxylation is 6. The second-order valence-corrected chi connectivity index (χ2v) is 33.1. The largest absolute Gasteiger partial charge is 0.507 e. The molecule has 4 nitrogen and oxygen atoms in total. The minimum Gasteiger partial charge on any atom is -0.507 e. The molecule has 0 saturated carbocycles. The minimum absolute atomic E-state index is 0.255. The highest BCUT2D eigenvalue weighted by Gasteiger charge is 2.31. The lowest BCUT2D eigenvalue weighted by Gasteiger charge is -2.33. The molecule has 0 spiro atoms. The highest BCUT2D eigenvalue weighted by molar-refractivity contribution is 8.32. The maximum absolute atomic E-state index is 11.9. The fourth-order valence-corrected chi connectivity index (χ4v) is 13.2. The summed E-state index contributed by atoms with van der Waals surface area (Å²) >= 11 is 13.4. The molecule has 1 N–H and O–H groups in total. The fraction of sp³-hybridized carbons (Fsp3) is 0.357. The summed E-state index contributed by atoms with van der Waals surface area (Å²) in [6.07, 6.45) is 13.8. The van der Waals surface area contributed by atoms with Crippen LogP contribution in [0.2, 0.25) is 0 Å². The van der Waals surface area contributed by atoms with Crippen molar-refractivity contribution in [2.75, 3.05) is 37.5 Å². The highest BCUT2D eigenvalue weighted by atomic mass is 35.9. The first-order chi connectivity index (χ1) is 30.5. The van der Waals surface area contributed by atoms with E-state index in [-0.39, 0.29) is 16.6 Å². The van der Waals surface area contributed by atoms with Crippen molar-refractivity contribution in [2.45, 2.75) is 104 Å². The molecule has 10 heteroatoms. The predicted molar refractivity (Wildman–Crippen MR) is 298 cm³/mol. The van der Waals surface area contributed by atoms with Crippen molar-refractivity contribution < 1.29 is 18.7 Å². The Morgan fingerprint density at radius 2 is 0.894 bits per heavy atom. The van der Waals surface area contributed by atoms with Gasteiger partial charge in [0.05, 0.1) is 0 Å². The second-order valence-electron chi connectivity index (χ2n) is 21.4. The van der Waals surface area contributed by atoms with Crippen molar-refractivity contribution in [3.63, 3.8) is 0 Å². The number of phenolic OH excluding ortho intramolecular Hbond substituents is 1. The number of phenols is 1. The van der Waals surface area contributed by atoms with Crippen LogP contribution in [0.1, 0.15) is 86.1 Å². The molecular weight excluding hydrogens is 934 g/mol. The number of rotatable bonds is 12. The van der Waals surface area contributed by atoms with Crippen LogP contribution in [0.4, 0.5) is 0 Å². The number of benzene rings is 6. The SMILES string of the molecule is Cc1cc(C)c(-c2cc(-c3cc(-c4c(C)cc(C)cc4C)cc(S(C)(C)C)c3OP(Cl)Cl)c(OPOc3c(-c4cccc(C(C)(C)C)c4O)cccc3C(C)(C)C)c(S(C)(C)C)c2)c(C)c1. The summed E-state index contributed by atoms with van der Waals surface area (Å²) in [6.45, 7) is 24.1. The van der Waals surface area contributed by atoms with Gasteiger partial charge in [0.15, 0.2) is 0 Å². The Bertz CT molecular complexity index is 2760. The zero-order valence-corrected chi connectivity index (χ0v) is 47.3. The van der Waals surface area contributed by atoms with Crippen molar-refractivity contribution in [1.29, 1.82) is 0 Å². The van der Waals surface area contributed by atoms with Crippen molar-refractivity contribution in [3.8, 4) is 67.5 Å². The molecule has 6 rings (SSSR count). The summed E-state index contributed by atoms with van der Waals surface area (Å²) in [6, 6.07) is 30.4. The van der Waals surface area contributed by atoms with Crippen LogP contribution in [-0.4, -0.2) is 42.6 Å². The van der Waals surface area contributed by atoms with Gasteiger partial charge in [0.1, 0.15) is 23.0 Å². The molecule has 0 aromatic heterocycles. The van der Waals surface area contributed by atoms with Gasteiger partial charge in [-0.3, -0.25) is 0 Å². The Kier molecular flexibility index (Phi) is 15.4. The Labute approximate surface area is 412 Å². The first-order valence-corrected chi connectivity index (χ1v) is 31.8. The minimum atomic E-state index is -1.85. The molecule has 0 radical (unpaired) electrons.